The normalized spacial score (nSPS) is 32.9. The van der Waals surface area contributed by atoms with Crippen molar-refractivity contribution in [2.24, 2.45) is 17.3 Å². The van der Waals surface area contributed by atoms with Gasteiger partial charge in [-0.1, -0.05) is 25.1 Å². The Morgan fingerprint density at radius 2 is 1.90 bits per heavy atom. The summed E-state index contributed by atoms with van der Waals surface area (Å²) >= 11 is 0. The van der Waals surface area contributed by atoms with Crippen LogP contribution in [0.2, 0.25) is 0 Å². The first-order chi connectivity index (χ1) is 14.1. The second-order valence-electron chi connectivity index (χ2n) is 9.70. The van der Waals surface area contributed by atoms with E-state index in [0.717, 1.165) is 30.0 Å². The molecule has 3 nitrogen and oxygen atoms in total. The molecular formula is C26H33NO2. The molecule has 0 aliphatic heterocycles. The Morgan fingerprint density at radius 3 is 2.69 bits per heavy atom. The molecule has 2 fully saturated rings. The van der Waals surface area contributed by atoms with E-state index in [1.165, 1.54) is 49.7 Å². The minimum Gasteiger partial charge on any atom is -0.508 e. The topological polar surface area (TPSA) is 41.5 Å². The lowest BCUT2D eigenvalue weighted by Crippen LogP contribution is -2.48. The number of rotatable bonds is 4. The second kappa shape index (κ2) is 7.36. The minimum absolute atomic E-state index is 0.343. The molecule has 3 heteroatoms. The van der Waals surface area contributed by atoms with Gasteiger partial charge in [0.2, 0.25) is 0 Å². The van der Waals surface area contributed by atoms with Gasteiger partial charge in [-0.3, -0.25) is 0 Å². The molecule has 0 aromatic heterocycles. The van der Waals surface area contributed by atoms with Gasteiger partial charge in [-0.2, -0.15) is 0 Å². The van der Waals surface area contributed by atoms with E-state index in [-0.39, 0.29) is 0 Å². The Bertz CT molecular complexity index is 877. The van der Waals surface area contributed by atoms with Crippen molar-refractivity contribution in [1.82, 2.24) is 5.32 Å². The molecule has 0 amide bonds. The lowest BCUT2D eigenvalue weighted by molar-refractivity contribution is 0.0408. The second-order valence-corrected chi connectivity index (χ2v) is 9.70. The SMILES string of the molecule is COc1ccc2c(c1)CC[C@@H]1[C@@H]2CC[C@]2(C)[C@H](NCc3ccc(O)cc3)CC[C@@H]12. The van der Waals surface area contributed by atoms with E-state index in [0.29, 0.717) is 17.2 Å². The summed E-state index contributed by atoms with van der Waals surface area (Å²) in [4.78, 5) is 0. The Labute approximate surface area is 174 Å². The molecule has 0 bridgehead atoms. The summed E-state index contributed by atoms with van der Waals surface area (Å²) in [6, 6.07) is 15.0. The molecule has 29 heavy (non-hydrogen) atoms. The van der Waals surface area contributed by atoms with E-state index in [1.807, 2.05) is 12.1 Å². The largest absolute Gasteiger partial charge is 0.508 e. The first kappa shape index (κ1) is 19.0. The summed E-state index contributed by atoms with van der Waals surface area (Å²) in [6.07, 6.45) is 7.81. The molecular weight excluding hydrogens is 358 g/mol. The third kappa shape index (κ3) is 3.24. The molecule has 2 N–H and O–H groups in total. The number of hydrogen-bond donors (Lipinski definition) is 2. The van der Waals surface area contributed by atoms with Gasteiger partial charge in [0, 0.05) is 12.6 Å². The molecule has 0 radical (unpaired) electrons. The molecule has 5 rings (SSSR count). The smallest absolute Gasteiger partial charge is 0.119 e. The molecule has 0 saturated heterocycles. The number of aryl methyl sites for hydroxylation is 1. The lowest BCUT2D eigenvalue weighted by Gasteiger charge is -2.51. The number of ether oxygens (including phenoxy) is 1. The highest BCUT2D eigenvalue weighted by Crippen LogP contribution is 2.61. The quantitative estimate of drug-likeness (QED) is 0.732. The molecule has 3 aliphatic rings. The van der Waals surface area contributed by atoms with E-state index < -0.39 is 0 Å². The summed E-state index contributed by atoms with van der Waals surface area (Å²) < 4.78 is 5.46. The lowest BCUT2D eigenvalue weighted by atomic mass is 9.55. The van der Waals surface area contributed by atoms with Crippen molar-refractivity contribution in [3.63, 3.8) is 0 Å². The number of phenols is 1. The number of methoxy groups -OCH3 is 1. The van der Waals surface area contributed by atoms with Crippen LogP contribution in [0.4, 0.5) is 0 Å². The van der Waals surface area contributed by atoms with Gasteiger partial charge >= 0.3 is 0 Å². The van der Waals surface area contributed by atoms with Crippen LogP contribution in [0.1, 0.15) is 61.6 Å². The first-order valence-corrected chi connectivity index (χ1v) is 11.3. The monoisotopic (exact) mass is 391 g/mol. The van der Waals surface area contributed by atoms with E-state index in [4.69, 9.17) is 4.74 Å². The Kier molecular flexibility index (Phi) is 4.82. The van der Waals surface area contributed by atoms with E-state index >= 15 is 0 Å². The van der Waals surface area contributed by atoms with Gasteiger partial charge in [-0.15, -0.1) is 0 Å². The molecule has 3 aliphatic carbocycles. The van der Waals surface area contributed by atoms with Gasteiger partial charge < -0.3 is 15.2 Å². The average molecular weight is 392 g/mol. The van der Waals surface area contributed by atoms with Crippen molar-refractivity contribution in [3.8, 4) is 11.5 Å². The first-order valence-electron chi connectivity index (χ1n) is 11.3. The van der Waals surface area contributed by atoms with Crippen molar-refractivity contribution in [3.05, 3.63) is 59.2 Å². The third-order valence-corrected chi connectivity index (χ3v) is 8.42. The van der Waals surface area contributed by atoms with Crippen LogP contribution in [0.25, 0.3) is 0 Å². The van der Waals surface area contributed by atoms with Gasteiger partial charge in [-0.05, 0) is 103 Å². The third-order valence-electron chi connectivity index (χ3n) is 8.42. The minimum atomic E-state index is 0.343. The van der Waals surface area contributed by atoms with Gasteiger partial charge in [0.25, 0.3) is 0 Å². The van der Waals surface area contributed by atoms with Crippen LogP contribution in [-0.4, -0.2) is 18.3 Å². The van der Waals surface area contributed by atoms with E-state index in [9.17, 15) is 5.11 Å². The average Bonchev–Trinajstić information content (AvgIpc) is 3.09. The molecule has 2 saturated carbocycles. The molecule has 2 aromatic rings. The van der Waals surface area contributed by atoms with Crippen LogP contribution in [0, 0.1) is 17.3 Å². The van der Waals surface area contributed by atoms with Crippen LogP contribution in [-0.2, 0) is 13.0 Å². The predicted octanol–water partition coefficient (Wildman–Crippen LogP) is 5.42. The van der Waals surface area contributed by atoms with Gasteiger partial charge in [0.1, 0.15) is 11.5 Å². The molecule has 0 heterocycles. The fraction of sp³-hybridized carbons (Fsp3) is 0.538. The highest BCUT2D eigenvalue weighted by atomic mass is 16.5. The van der Waals surface area contributed by atoms with Crippen molar-refractivity contribution < 1.29 is 9.84 Å². The van der Waals surface area contributed by atoms with E-state index in [2.05, 4.69) is 30.4 Å². The summed E-state index contributed by atoms with van der Waals surface area (Å²) in [5.74, 6) is 3.74. The maximum absolute atomic E-state index is 9.51. The van der Waals surface area contributed by atoms with Crippen LogP contribution >= 0.6 is 0 Å². The fourth-order valence-corrected chi connectivity index (χ4v) is 6.88. The van der Waals surface area contributed by atoms with Crippen LogP contribution < -0.4 is 10.1 Å². The number of hydrogen-bond acceptors (Lipinski definition) is 3. The highest BCUT2D eigenvalue weighted by molar-refractivity contribution is 5.40. The fourth-order valence-electron chi connectivity index (χ4n) is 6.88. The van der Waals surface area contributed by atoms with Crippen molar-refractivity contribution in [2.45, 2.75) is 64.0 Å². The van der Waals surface area contributed by atoms with Crippen molar-refractivity contribution in [1.29, 1.82) is 0 Å². The van der Waals surface area contributed by atoms with Gasteiger partial charge in [-0.25, -0.2) is 0 Å². The number of aromatic hydroxyl groups is 1. The zero-order valence-corrected chi connectivity index (χ0v) is 17.7. The molecule has 2 aromatic carbocycles. The maximum atomic E-state index is 9.51. The van der Waals surface area contributed by atoms with Crippen LogP contribution in [0.5, 0.6) is 11.5 Å². The van der Waals surface area contributed by atoms with Crippen molar-refractivity contribution in [2.75, 3.05) is 7.11 Å². The van der Waals surface area contributed by atoms with E-state index in [1.54, 1.807) is 24.8 Å². The summed E-state index contributed by atoms with van der Waals surface area (Å²) in [5, 5.41) is 13.4. The number of phenolic OH excluding ortho intramolecular Hbond substituents is 1. The molecule has 5 atom stereocenters. The number of fused-ring (bicyclic) bond motifs is 5. The van der Waals surface area contributed by atoms with Gasteiger partial charge in [0.05, 0.1) is 7.11 Å². The molecule has 154 valence electrons. The summed E-state index contributed by atoms with van der Waals surface area (Å²) in [7, 11) is 1.77. The Morgan fingerprint density at radius 1 is 1.07 bits per heavy atom. The van der Waals surface area contributed by atoms with Crippen LogP contribution in [0.15, 0.2) is 42.5 Å². The maximum Gasteiger partial charge on any atom is 0.119 e. The highest BCUT2D eigenvalue weighted by Gasteiger charge is 2.54. The molecule has 0 spiro atoms. The molecule has 0 unspecified atom stereocenters. The zero-order valence-electron chi connectivity index (χ0n) is 17.7. The van der Waals surface area contributed by atoms with Gasteiger partial charge in [0.15, 0.2) is 0 Å². The van der Waals surface area contributed by atoms with Crippen LogP contribution in [0.3, 0.4) is 0 Å². The summed E-state index contributed by atoms with van der Waals surface area (Å²) in [5.41, 5.74) is 4.78. The summed E-state index contributed by atoms with van der Waals surface area (Å²) in [6.45, 7) is 3.45. The standard InChI is InChI=1S/C26H33NO2/c1-26-14-13-22-21-10-8-20(29-2)15-18(21)5-9-23(22)24(26)11-12-25(26)27-16-17-3-6-19(28)7-4-17/h3-4,6-8,10,15,22-25,27-28H,5,9,11-14,16H2,1-2H3/t22-,23-,24+,25-,26+/m1/s1. The number of benzene rings is 2. The zero-order chi connectivity index (χ0) is 20.0. The Balaban J connectivity index is 1.32. The Hall–Kier alpha value is -2.00. The van der Waals surface area contributed by atoms with Crippen molar-refractivity contribution >= 4 is 0 Å². The predicted molar refractivity (Wildman–Crippen MR) is 116 cm³/mol. The number of nitrogens with one attached hydrogen (secondary N) is 1.